The van der Waals surface area contributed by atoms with Crippen LogP contribution in [0.15, 0.2) is 12.1 Å². The molecular formula is C14H19Cl2NS. The van der Waals surface area contributed by atoms with E-state index in [0.29, 0.717) is 17.2 Å². The summed E-state index contributed by atoms with van der Waals surface area (Å²) in [5, 5.41) is 5.80. The van der Waals surface area contributed by atoms with Crippen molar-refractivity contribution in [1.82, 2.24) is 5.32 Å². The lowest BCUT2D eigenvalue weighted by Crippen LogP contribution is -2.36. The van der Waals surface area contributed by atoms with Crippen LogP contribution < -0.4 is 5.32 Å². The van der Waals surface area contributed by atoms with E-state index in [9.17, 15) is 0 Å². The summed E-state index contributed by atoms with van der Waals surface area (Å²) in [4.78, 5) is 0. The molecule has 0 fully saturated rings. The summed E-state index contributed by atoms with van der Waals surface area (Å²) >= 11 is 14.7. The van der Waals surface area contributed by atoms with Gasteiger partial charge in [0.05, 0.1) is 0 Å². The highest BCUT2D eigenvalue weighted by molar-refractivity contribution is 7.99. The van der Waals surface area contributed by atoms with Crippen molar-refractivity contribution in [1.29, 1.82) is 0 Å². The van der Waals surface area contributed by atoms with Crippen molar-refractivity contribution >= 4 is 35.0 Å². The van der Waals surface area contributed by atoms with E-state index in [0.717, 1.165) is 22.3 Å². The van der Waals surface area contributed by atoms with Gasteiger partial charge in [0, 0.05) is 27.1 Å². The Balaban J connectivity index is 2.48. The average molecular weight is 304 g/mol. The molecule has 4 heteroatoms. The van der Waals surface area contributed by atoms with Gasteiger partial charge in [0.1, 0.15) is 0 Å². The Morgan fingerprint density at radius 1 is 1.33 bits per heavy atom. The molecule has 0 aliphatic carbocycles. The molecule has 18 heavy (non-hydrogen) atoms. The Hall–Kier alpha value is 0.110. The standard InChI is InChI=1S/C14H19Cl2NS/c1-4-17-13-12-9(7-18-14(13)8(2)3)10(15)5-6-11(12)16/h5-6,8,13-14,17H,4,7H2,1-3H3. The van der Waals surface area contributed by atoms with Crippen LogP contribution >= 0.6 is 35.0 Å². The van der Waals surface area contributed by atoms with Crippen LogP contribution in [-0.4, -0.2) is 11.8 Å². The van der Waals surface area contributed by atoms with Gasteiger partial charge in [-0.15, -0.1) is 0 Å². The number of hydrogen-bond donors (Lipinski definition) is 1. The fraction of sp³-hybridized carbons (Fsp3) is 0.571. The summed E-state index contributed by atoms with van der Waals surface area (Å²) in [5.41, 5.74) is 2.42. The Labute approximate surface area is 124 Å². The molecule has 1 heterocycles. The molecule has 1 nitrogen and oxygen atoms in total. The normalized spacial score (nSPS) is 23.2. The van der Waals surface area contributed by atoms with E-state index in [2.05, 4.69) is 26.1 Å². The molecule has 2 atom stereocenters. The lowest BCUT2D eigenvalue weighted by molar-refractivity contribution is 0.447. The van der Waals surface area contributed by atoms with Gasteiger partial charge >= 0.3 is 0 Å². The number of thioether (sulfide) groups is 1. The van der Waals surface area contributed by atoms with Gasteiger partial charge in [-0.25, -0.2) is 0 Å². The maximum atomic E-state index is 6.41. The summed E-state index contributed by atoms with van der Waals surface area (Å²) in [6.45, 7) is 7.61. The molecule has 0 spiro atoms. The Kier molecular flexibility index (Phi) is 4.87. The molecule has 1 aliphatic rings. The number of fused-ring (bicyclic) bond motifs is 1. The van der Waals surface area contributed by atoms with Gasteiger partial charge in [0.25, 0.3) is 0 Å². The van der Waals surface area contributed by atoms with Crippen LogP contribution in [0.3, 0.4) is 0 Å². The molecule has 0 amide bonds. The molecular weight excluding hydrogens is 285 g/mol. The first kappa shape index (κ1) is 14.5. The molecule has 1 N–H and O–H groups in total. The first-order chi connectivity index (χ1) is 8.56. The second kappa shape index (κ2) is 6.04. The third kappa shape index (κ3) is 2.67. The summed E-state index contributed by atoms with van der Waals surface area (Å²) in [7, 11) is 0. The fourth-order valence-electron chi connectivity index (χ4n) is 2.55. The Morgan fingerprint density at radius 2 is 2.00 bits per heavy atom. The van der Waals surface area contributed by atoms with E-state index in [1.807, 2.05) is 23.9 Å². The highest BCUT2D eigenvalue weighted by Crippen LogP contribution is 2.46. The Bertz CT molecular complexity index is 434. The topological polar surface area (TPSA) is 12.0 Å². The summed E-state index contributed by atoms with van der Waals surface area (Å²) in [5.74, 6) is 1.57. The minimum Gasteiger partial charge on any atom is -0.309 e. The largest absolute Gasteiger partial charge is 0.309 e. The van der Waals surface area contributed by atoms with Gasteiger partial charge in [-0.3, -0.25) is 0 Å². The van der Waals surface area contributed by atoms with Crippen molar-refractivity contribution < 1.29 is 0 Å². The van der Waals surface area contributed by atoms with Crippen LogP contribution in [0.4, 0.5) is 0 Å². The second-order valence-corrected chi connectivity index (χ2v) is 6.96. The molecule has 100 valence electrons. The van der Waals surface area contributed by atoms with Gasteiger partial charge in [0.15, 0.2) is 0 Å². The quantitative estimate of drug-likeness (QED) is 0.851. The second-order valence-electron chi connectivity index (χ2n) is 4.98. The van der Waals surface area contributed by atoms with E-state index < -0.39 is 0 Å². The molecule has 0 radical (unpaired) electrons. The van der Waals surface area contributed by atoms with Crippen LogP contribution in [-0.2, 0) is 5.75 Å². The number of hydrogen-bond acceptors (Lipinski definition) is 2. The van der Waals surface area contributed by atoms with E-state index in [1.165, 1.54) is 11.1 Å². The van der Waals surface area contributed by atoms with E-state index >= 15 is 0 Å². The van der Waals surface area contributed by atoms with Crippen LogP contribution in [0, 0.1) is 5.92 Å². The molecule has 0 saturated carbocycles. The number of benzene rings is 1. The van der Waals surface area contributed by atoms with Gasteiger partial charge in [-0.1, -0.05) is 44.0 Å². The molecule has 1 aromatic rings. The molecule has 0 bridgehead atoms. The van der Waals surface area contributed by atoms with Crippen molar-refractivity contribution in [2.75, 3.05) is 6.54 Å². The monoisotopic (exact) mass is 303 g/mol. The van der Waals surface area contributed by atoms with Crippen LogP contribution in [0.1, 0.15) is 37.9 Å². The molecule has 2 rings (SSSR count). The molecule has 0 saturated heterocycles. The maximum absolute atomic E-state index is 6.41. The smallest absolute Gasteiger partial charge is 0.0461 e. The summed E-state index contributed by atoms with van der Waals surface area (Å²) in [6.07, 6.45) is 0. The van der Waals surface area contributed by atoms with Crippen LogP contribution in [0.25, 0.3) is 0 Å². The van der Waals surface area contributed by atoms with Gasteiger partial charge < -0.3 is 5.32 Å². The third-order valence-corrected chi connectivity index (χ3v) is 5.73. The first-order valence-corrected chi connectivity index (χ1v) is 8.18. The lowest BCUT2D eigenvalue weighted by Gasteiger charge is -2.37. The molecule has 2 unspecified atom stereocenters. The zero-order valence-corrected chi connectivity index (χ0v) is 13.3. The highest BCUT2D eigenvalue weighted by atomic mass is 35.5. The van der Waals surface area contributed by atoms with Crippen LogP contribution in [0.5, 0.6) is 0 Å². The summed E-state index contributed by atoms with van der Waals surface area (Å²) < 4.78 is 0. The van der Waals surface area contributed by atoms with E-state index in [4.69, 9.17) is 23.2 Å². The number of halogens is 2. The predicted octanol–water partition coefficient (Wildman–Crippen LogP) is 4.92. The maximum Gasteiger partial charge on any atom is 0.0461 e. The van der Waals surface area contributed by atoms with Crippen LogP contribution in [0.2, 0.25) is 10.0 Å². The number of nitrogens with one attached hydrogen (secondary N) is 1. The third-order valence-electron chi connectivity index (χ3n) is 3.39. The van der Waals surface area contributed by atoms with Gasteiger partial charge in [-0.2, -0.15) is 11.8 Å². The fourth-order valence-corrected chi connectivity index (χ4v) is 4.63. The minimum absolute atomic E-state index is 0.301. The van der Waals surface area contributed by atoms with E-state index in [1.54, 1.807) is 0 Å². The first-order valence-electron chi connectivity index (χ1n) is 6.38. The van der Waals surface area contributed by atoms with Crippen molar-refractivity contribution in [2.24, 2.45) is 5.92 Å². The zero-order chi connectivity index (χ0) is 13.3. The van der Waals surface area contributed by atoms with Crippen molar-refractivity contribution in [3.05, 3.63) is 33.3 Å². The van der Waals surface area contributed by atoms with Gasteiger partial charge in [0.2, 0.25) is 0 Å². The highest BCUT2D eigenvalue weighted by Gasteiger charge is 2.34. The Morgan fingerprint density at radius 3 is 2.61 bits per heavy atom. The summed E-state index contributed by atoms with van der Waals surface area (Å²) in [6, 6.07) is 4.12. The molecule has 1 aliphatic heterocycles. The lowest BCUT2D eigenvalue weighted by atomic mass is 9.92. The van der Waals surface area contributed by atoms with E-state index in [-0.39, 0.29) is 0 Å². The molecule has 0 aromatic heterocycles. The van der Waals surface area contributed by atoms with Gasteiger partial charge in [-0.05, 0) is 35.7 Å². The SMILES string of the molecule is CCNC1c2c(Cl)ccc(Cl)c2CSC1C(C)C. The minimum atomic E-state index is 0.301. The number of rotatable bonds is 3. The van der Waals surface area contributed by atoms with Crippen molar-refractivity contribution in [3.63, 3.8) is 0 Å². The van der Waals surface area contributed by atoms with Crippen molar-refractivity contribution in [3.8, 4) is 0 Å². The average Bonchev–Trinajstić information content (AvgIpc) is 2.34. The van der Waals surface area contributed by atoms with Crippen molar-refractivity contribution in [2.45, 2.75) is 37.8 Å². The predicted molar refractivity (Wildman–Crippen MR) is 82.8 cm³/mol. The zero-order valence-electron chi connectivity index (χ0n) is 11.0. The molecule has 1 aromatic carbocycles.